The van der Waals surface area contributed by atoms with Crippen LogP contribution in [0.1, 0.15) is 58.7 Å². The Kier molecular flexibility index (Phi) is 4.44. The van der Waals surface area contributed by atoms with Crippen LogP contribution in [0.5, 0.6) is 0 Å². The van der Waals surface area contributed by atoms with Gasteiger partial charge in [0.25, 0.3) is 0 Å². The van der Waals surface area contributed by atoms with E-state index in [-0.39, 0.29) is 0 Å². The van der Waals surface area contributed by atoms with Gasteiger partial charge in [0, 0.05) is 24.3 Å². The minimum Gasteiger partial charge on any atom is -0.311 e. The molecule has 1 saturated carbocycles. The summed E-state index contributed by atoms with van der Waals surface area (Å²) in [5.41, 5.74) is 1.23. The molecule has 3 nitrogen and oxygen atoms in total. The highest BCUT2D eigenvalue weighted by Gasteiger charge is 2.25. The summed E-state index contributed by atoms with van der Waals surface area (Å²) in [5.74, 6) is 0.644. The summed E-state index contributed by atoms with van der Waals surface area (Å²) >= 11 is 0. The van der Waals surface area contributed by atoms with Crippen molar-refractivity contribution in [3.63, 3.8) is 0 Å². The van der Waals surface area contributed by atoms with Crippen molar-refractivity contribution in [2.45, 2.75) is 71.5 Å². The molecule has 1 N–H and O–H groups in total. The molecule has 0 amide bonds. The first-order valence-corrected chi connectivity index (χ1v) is 7.40. The molecule has 18 heavy (non-hydrogen) atoms. The molecule has 3 heteroatoms. The molecule has 1 heterocycles. The molecule has 0 bridgehead atoms. The summed E-state index contributed by atoms with van der Waals surface area (Å²) in [4.78, 5) is 0. The van der Waals surface area contributed by atoms with E-state index in [0.717, 1.165) is 18.9 Å². The van der Waals surface area contributed by atoms with Crippen LogP contribution in [0.25, 0.3) is 0 Å². The van der Waals surface area contributed by atoms with Crippen LogP contribution in [0.15, 0.2) is 12.3 Å². The zero-order valence-corrected chi connectivity index (χ0v) is 12.2. The van der Waals surface area contributed by atoms with Gasteiger partial charge in [-0.05, 0) is 51.5 Å². The molecule has 1 aliphatic rings. The van der Waals surface area contributed by atoms with Gasteiger partial charge in [-0.15, -0.1) is 0 Å². The number of hydrogen-bond acceptors (Lipinski definition) is 2. The van der Waals surface area contributed by atoms with E-state index in [1.807, 2.05) is 0 Å². The monoisotopic (exact) mass is 249 g/mol. The molecular weight excluding hydrogens is 222 g/mol. The SMILES string of the molecule is CCC(C)n1ccc(CC(C)C(C)NC2CC2)n1. The second kappa shape index (κ2) is 5.87. The topological polar surface area (TPSA) is 29.9 Å². The molecule has 1 aromatic heterocycles. The zero-order valence-electron chi connectivity index (χ0n) is 12.2. The van der Waals surface area contributed by atoms with Crippen LogP contribution in [0.2, 0.25) is 0 Å². The van der Waals surface area contributed by atoms with Gasteiger partial charge in [0.05, 0.1) is 5.69 Å². The molecule has 2 rings (SSSR count). The third kappa shape index (κ3) is 3.58. The molecule has 3 atom stereocenters. The van der Waals surface area contributed by atoms with Crippen LogP contribution in [0, 0.1) is 5.92 Å². The number of nitrogens with one attached hydrogen (secondary N) is 1. The highest BCUT2D eigenvalue weighted by Crippen LogP contribution is 2.22. The van der Waals surface area contributed by atoms with Gasteiger partial charge in [-0.3, -0.25) is 4.68 Å². The molecule has 1 fully saturated rings. The molecule has 0 aliphatic heterocycles. The van der Waals surface area contributed by atoms with E-state index < -0.39 is 0 Å². The first-order valence-electron chi connectivity index (χ1n) is 7.40. The van der Waals surface area contributed by atoms with Crippen molar-refractivity contribution < 1.29 is 0 Å². The Morgan fingerprint density at radius 3 is 2.72 bits per heavy atom. The number of hydrogen-bond donors (Lipinski definition) is 1. The summed E-state index contributed by atoms with van der Waals surface area (Å²) in [6.07, 6.45) is 7.05. The Bertz CT molecular complexity index is 368. The minimum atomic E-state index is 0.510. The van der Waals surface area contributed by atoms with E-state index in [9.17, 15) is 0 Å². The Morgan fingerprint density at radius 2 is 2.11 bits per heavy atom. The standard InChI is InChI=1S/C15H27N3/c1-5-12(3)18-9-8-15(17-18)10-11(2)13(4)16-14-6-7-14/h8-9,11-14,16H,5-7,10H2,1-4H3. The Labute approximate surface area is 111 Å². The van der Waals surface area contributed by atoms with E-state index in [1.54, 1.807) is 0 Å². The smallest absolute Gasteiger partial charge is 0.0627 e. The lowest BCUT2D eigenvalue weighted by molar-refractivity contribution is 0.389. The van der Waals surface area contributed by atoms with Crippen LogP contribution in [0.4, 0.5) is 0 Å². The van der Waals surface area contributed by atoms with Crippen LogP contribution in [-0.2, 0) is 6.42 Å². The largest absolute Gasteiger partial charge is 0.311 e. The molecule has 3 unspecified atom stereocenters. The highest BCUT2D eigenvalue weighted by molar-refractivity contribution is 5.02. The van der Waals surface area contributed by atoms with Gasteiger partial charge in [-0.25, -0.2) is 0 Å². The summed E-state index contributed by atoms with van der Waals surface area (Å²) in [5, 5.41) is 8.37. The predicted octanol–water partition coefficient (Wildman–Crippen LogP) is 3.17. The van der Waals surface area contributed by atoms with Crippen molar-refractivity contribution >= 4 is 0 Å². The summed E-state index contributed by atoms with van der Waals surface area (Å²) in [6, 6.07) is 4.06. The first-order chi connectivity index (χ1) is 8.60. The lowest BCUT2D eigenvalue weighted by atomic mass is 9.98. The average molecular weight is 249 g/mol. The van der Waals surface area contributed by atoms with Crippen molar-refractivity contribution in [1.82, 2.24) is 15.1 Å². The number of nitrogens with zero attached hydrogens (tertiary/aromatic N) is 2. The van der Waals surface area contributed by atoms with Crippen LogP contribution in [-0.4, -0.2) is 21.9 Å². The second-order valence-electron chi connectivity index (χ2n) is 5.96. The van der Waals surface area contributed by atoms with Crippen LogP contribution < -0.4 is 5.32 Å². The molecule has 0 saturated heterocycles. The Morgan fingerprint density at radius 1 is 1.39 bits per heavy atom. The summed E-state index contributed by atoms with van der Waals surface area (Å²) < 4.78 is 2.10. The zero-order chi connectivity index (χ0) is 13.1. The molecule has 1 aliphatic carbocycles. The third-order valence-corrected chi connectivity index (χ3v) is 4.17. The van der Waals surface area contributed by atoms with Gasteiger partial charge < -0.3 is 5.32 Å². The maximum atomic E-state index is 4.69. The molecule has 0 aromatic carbocycles. The van der Waals surface area contributed by atoms with Crippen molar-refractivity contribution in [3.8, 4) is 0 Å². The van der Waals surface area contributed by atoms with E-state index in [0.29, 0.717) is 18.0 Å². The van der Waals surface area contributed by atoms with E-state index >= 15 is 0 Å². The van der Waals surface area contributed by atoms with Crippen molar-refractivity contribution in [2.75, 3.05) is 0 Å². The lowest BCUT2D eigenvalue weighted by Gasteiger charge is -2.20. The summed E-state index contributed by atoms with van der Waals surface area (Å²) in [7, 11) is 0. The van der Waals surface area contributed by atoms with E-state index in [4.69, 9.17) is 0 Å². The number of rotatable bonds is 7. The molecule has 0 spiro atoms. The van der Waals surface area contributed by atoms with Crippen molar-refractivity contribution in [1.29, 1.82) is 0 Å². The molecule has 1 aromatic rings. The number of aromatic nitrogens is 2. The second-order valence-corrected chi connectivity index (χ2v) is 5.96. The minimum absolute atomic E-state index is 0.510. The summed E-state index contributed by atoms with van der Waals surface area (Å²) in [6.45, 7) is 9.05. The van der Waals surface area contributed by atoms with E-state index in [2.05, 4.69) is 55.1 Å². The molecule has 102 valence electrons. The van der Waals surface area contributed by atoms with Gasteiger partial charge in [0.15, 0.2) is 0 Å². The van der Waals surface area contributed by atoms with Gasteiger partial charge >= 0.3 is 0 Å². The molecule has 0 radical (unpaired) electrons. The predicted molar refractivity (Wildman–Crippen MR) is 75.7 cm³/mol. The van der Waals surface area contributed by atoms with Crippen LogP contribution in [0.3, 0.4) is 0 Å². The maximum absolute atomic E-state index is 4.69. The normalized spacial score (nSPS) is 20.7. The fourth-order valence-electron chi connectivity index (χ4n) is 2.21. The fourth-order valence-corrected chi connectivity index (χ4v) is 2.21. The average Bonchev–Trinajstić information content (AvgIpc) is 3.04. The third-order valence-electron chi connectivity index (χ3n) is 4.17. The molecular formula is C15H27N3. The Hall–Kier alpha value is -0.830. The van der Waals surface area contributed by atoms with Crippen molar-refractivity contribution in [3.05, 3.63) is 18.0 Å². The fraction of sp³-hybridized carbons (Fsp3) is 0.800. The maximum Gasteiger partial charge on any atom is 0.0627 e. The van der Waals surface area contributed by atoms with Gasteiger partial charge in [-0.2, -0.15) is 5.10 Å². The lowest BCUT2D eigenvalue weighted by Crippen LogP contribution is -2.34. The van der Waals surface area contributed by atoms with Gasteiger partial charge in [-0.1, -0.05) is 13.8 Å². The van der Waals surface area contributed by atoms with E-state index in [1.165, 1.54) is 18.5 Å². The van der Waals surface area contributed by atoms with Crippen molar-refractivity contribution in [2.24, 2.45) is 5.92 Å². The highest BCUT2D eigenvalue weighted by atomic mass is 15.3. The quantitative estimate of drug-likeness (QED) is 0.804. The Balaban J connectivity index is 1.85. The first kappa shape index (κ1) is 13.6. The van der Waals surface area contributed by atoms with Crippen LogP contribution >= 0.6 is 0 Å². The van der Waals surface area contributed by atoms with Gasteiger partial charge in [0.2, 0.25) is 0 Å². The van der Waals surface area contributed by atoms with Gasteiger partial charge in [0.1, 0.15) is 0 Å².